The van der Waals surface area contributed by atoms with Crippen LogP contribution in [0.1, 0.15) is 37.8 Å². The number of para-hydroxylation sites is 2. The van der Waals surface area contributed by atoms with Gasteiger partial charge in [0, 0.05) is 38.8 Å². The highest BCUT2D eigenvalue weighted by molar-refractivity contribution is 6.10. The molecule has 2 aliphatic rings. The Morgan fingerprint density at radius 1 is 0.474 bits per heavy atom. The zero-order valence-electron chi connectivity index (χ0n) is 32.3. The first-order valence-electron chi connectivity index (χ1n) is 20.1. The molecule has 0 spiro atoms. The second-order valence-electron chi connectivity index (χ2n) is 16.0. The highest BCUT2D eigenvalue weighted by Crippen LogP contribution is 2.54. The van der Waals surface area contributed by atoms with Gasteiger partial charge in [-0.3, -0.25) is 0 Å². The van der Waals surface area contributed by atoms with Gasteiger partial charge in [-0.1, -0.05) is 159 Å². The molecular formula is C55H42N2. The fourth-order valence-corrected chi connectivity index (χ4v) is 9.78. The number of fused-ring (bicyclic) bond motifs is 6. The number of hydrogen-bond acceptors (Lipinski definition) is 1. The van der Waals surface area contributed by atoms with Crippen molar-refractivity contribution in [3.8, 4) is 27.9 Å². The van der Waals surface area contributed by atoms with E-state index >= 15 is 0 Å². The Morgan fingerprint density at radius 2 is 1.04 bits per heavy atom. The summed E-state index contributed by atoms with van der Waals surface area (Å²) in [5.41, 5.74) is 17.9. The van der Waals surface area contributed by atoms with Crippen molar-refractivity contribution >= 4 is 49.5 Å². The minimum Gasteiger partial charge on any atom is -0.314 e. The second-order valence-corrected chi connectivity index (χ2v) is 16.0. The molecule has 0 atom stereocenters. The van der Waals surface area contributed by atoms with E-state index in [1.165, 1.54) is 99.9 Å². The van der Waals surface area contributed by atoms with Crippen LogP contribution in [0.4, 0.5) is 11.4 Å². The molecule has 2 nitrogen and oxygen atoms in total. The summed E-state index contributed by atoms with van der Waals surface area (Å²) in [6.07, 6.45) is 4.43. The molecule has 1 aromatic heterocycles. The van der Waals surface area contributed by atoms with Crippen LogP contribution in [-0.2, 0) is 5.41 Å². The smallest absolute Gasteiger partial charge is 0.0541 e. The van der Waals surface area contributed by atoms with Gasteiger partial charge in [0.05, 0.1) is 16.7 Å². The minimum atomic E-state index is -0.161. The molecule has 0 bridgehead atoms. The molecule has 0 saturated heterocycles. The zero-order chi connectivity index (χ0) is 38.1. The maximum Gasteiger partial charge on any atom is 0.0541 e. The Bertz CT molecular complexity index is 3010. The van der Waals surface area contributed by atoms with Crippen molar-refractivity contribution in [2.45, 2.75) is 32.1 Å². The maximum atomic E-state index is 2.53. The van der Waals surface area contributed by atoms with E-state index in [0.717, 1.165) is 12.8 Å². The number of aromatic nitrogens is 1. The lowest BCUT2D eigenvalue weighted by molar-refractivity contribution is 0.648. The van der Waals surface area contributed by atoms with Crippen LogP contribution in [-0.4, -0.2) is 4.57 Å². The van der Waals surface area contributed by atoms with Gasteiger partial charge in [0.15, 0.2) is 0 Å². The summed E-state index contributed by atoms with van der Waals surface area (Å²) in [5.74, 6) is 0. The summed E-state index contributed by atoms with van der Waals surface area (Å²) in [4.78, 5) is 2.50. The van der Waals surface area contributed by atoms with Gasteiger partial charge >= 0.3 is 0 Å². The quantitative estimate of drug-likeness (QED) is 0.165. The fraction of sp³-hybridized carbons (Fsp3) is 0.0909. The highest BCUT2D eigenvalue weighted by Gasteiger charge is 2.40. The zero-order valence-corrected chi connectivity index (χ0v) is 32.3. The van der Waals surface area contributed by atoms with Crippen LogP contribution in [0.5, 0.6) is 0 Å². The summed E-state index contributed by atoms with van der Waals surface area (Å²) in [6.45, 7) is 4.84. The van der Waals surface area contributed by atoms with Crippen molar-refractivity contribution in [2.75, 3.05) is 4.90 Å². The SMILES string of the molecule is CC1(C)C2=C(CCC(N(c3ccc(-c4ccccc4)cc3)c3ccc(-c4cccc5ccccc45)cc3)=C2)c2c(-n3c4ccccc4c4ccccc43)cccc21. The van der Waals surface area contributed by atoms with Crippen LogP contribution < -0.4 is 4.90 Å². The van der Waals surface area contributed by atoms with Gasteiger partial charge < -0.3 is 9.47 Å². The van der Waals surface area contributed by atoms with E-state index in [-0.39, 0.29) is 5.41 Å². The minimum absolute atomic E-state index is 0.161. The molecule has 0 unspecified atom stereocenters. The van der Waals surface area contributed by atoms with Crippen molar-refractivity contribution in [3.63, 3.8) is 0 Å². The topological polar surface area (TPSA) is 8.17 Å². The lowest BCUT2D eigenvalue weighted by Crippen LogP contribution is -2.22. The van der Waals surface area contributed by atoms with E-state index in [9.17, 15) is 0 Å². The van der Waals surface area contributed by atoms with Gasteiger partial charge in [-0.2, -0.15) is 0 Å². The number of hydrogen-bond donors (Lipinski definition) is 0. The van der Waals surface area contributed by atoms with E-state index in [1.807, 2.05) is 0 Å². The molecule has 0 fully saturated rings. The molecule has 0 N–H and O–H groups in total. The van der Waals surface area contributed by atoms with Gasteiger partial charge in [0.2, 0.25) is 0 Å². The highest BCUT2D eigenvalue weighted by atomic mass is 15.1. The number of anilines is 2. The molecule has 57 heavy (non-hydrogen) atoms. The van der Waals surface area contributed by atoms with Crippen LogP contribution in [0.2, 0.25) is 0 Å². The molecule has 2 heteroatoms. The average Bonchev–Trinajstić information content (AvgIpc) is 3.72. The normalized spacial score (nSPS) is 14.5. The maximum absolute atomic E-state index is 2.53. The van der Waals surface area contributed by atoms with Gasteiger partial charge in [0.25, 0.3) is 0 Å². The first-order valence-corrected chi connectivity index (χ1v) is 20.1. The summed E-state index contributed by atoms with van der Waals surface area (Å²) < 4.78 is 2.51. The van der Waals surface area contributed by atoms with E-state index in [2.05, 4.69) is 217 Å². The molecule has 0 aliphatic heterocycles. The molecule has 11 rings (SSSR count). The first-order chi connectivity index (χ1) is 28.0. The number of benzene rings is 8. The molecule has 0 saturated carbocycles. The third-order valence-corrected chi connectivity index (χ3v) is 12.5. The first kappa shape index (κ1) is 33.4. The van der Waals surface area contributed by atoms with E-state index < -0.39 is 0 Å². The Balaban J connectivity index is 1.06. The Labute approximate surface area is 334 Å². The summed E-state index contributed by atoms with van der Waals surface area (Å²) in [6, 6.07) is 68.9. The monoisotopic (exact) mass is 730 g/mol. The standard InChI is InChI=1S/C55H42N2/c1-55(2)49-22-13-25-53(57-51-23-10-8-19-46(51)47-20-9-11-24-52(47)57)54(49)48-35-34-43(36-50(48)55)56(41-30-26-38(27-31-41)37-14-4-3-5-15-37)42-32-28-40(29-33-42)45-21-12-17-39-16-6-7-18-44(39)45/h3-33,36H,34-35H2,1-2H3. The van der Waals surface area contributed by atoms with Crippen molar-refractivity contribution in [3.05, 3.63) is 217 Å². The van der Waals surface area contributed by atoms with E-state index in [1.54, 1.807) is 0 Å². The third kappa shape index (κ3) is 5.32. The molecule has 272 valence electrons. The van der Waals surface area contributed by atoms with Gasteiger partial charge in [0.1, 0.15) is 0 Å². The van der Waals surface area contributed by atoms with Gasteiger partial charge in [-0.05, 0) is 111 Å². The molecule has 0 amide bonds. The second kappa shape index (κ2) is 13.1. The number of allylic oxidation sites excluding steroid dienone is 4. The van der Waals surface area contributed by atoms with E-state index in [4.69, 9.17) is 0 Å². The molecular weight excluding hydrogens is 689 g/mol. The molecule has 2 aliphatic carbocycles. The summed E-state index contributed by atoms with van der Waals surface area (Å²) >= 11 is 0. The van der Waals surface area contributed by atoms with Crippen molar-refractivity contribution in [1.29, 1.82) is 0 Å². The van der Waals surface area contributed by atoms with Gasteiger partial charge in [-0.15, -0.1) is 0 Å². The number of rotatable bonds is 6. The Kier molecular flexibility index (Phi) is 7.69. The lowest BCUT2D eigenvalue weighted by atomic mass is 9.79. The third-order valence-electron chi connectivity index (χ3n) is 12.5. The number of nitrogens with zero attached hydrogens (tertiary/aromatic N) is 2. The van der Waals surface area contributed by atoms with E-state index in [0.29, 0.717) is 0 Å². The Hall–Kier alpha value is -6.90. The summed E-state index contributed by atoms with van der Waals surface area (Å²) in [7, 11) is 0. The van der Waals surface area contributed by atoms with Crippen LogP contribution in [0.15, 0.2) is 205 Å². The van der Waals surface area contributed by atoms with Crippen LogP contribution in [0.25, 0.3) is 66.1 Å². The van der Waals surface area contributed by atoms with Crippen LogP contribution in [0, 0.1) is 0 Å². The fourth-order valence-electron chi connectivity index (χ4n) is 9.78. The predicted molar refractivity (Wildman–Crippen MR) is 241 cm³/mol. The average molecular weight is 731 g/mol. The largest absolute Gasteiger partial charge is 0.314 e. The summed E-state index contributed by atoms with van der Waals surface area (Å²) in [5, 5.41) is 5.13. The molecule has 0 radical (unpaired) electrons. The predicted octanol–water partition coefficient (Wildman–Crippen LogP) is 14.8. The molecule has 1 heterocycles. The van der Waals surface area contributed by atoms with Crippen molar-refractivity contribution in [2.24, 2.45) is 0 Å². The van der Waals surface area contributed by atoms with Gasteiger partial charge in [-0.25, -0.2) is 0 Å². The molecule has 9 aromatic rings. The van der Waals surface area contributed by atoms with Crippen molar-refractivity contribution in [1.82, 2.24) is 4.57 Å². The van der Waals surface area contributed by atoms with Crippen LogP contribution in [0.3, 0.4) is 0 Å². The van der Waals surface area contributed by atoms with Crippen molar-refractivity contribution < 1.29 is 0 Å². The van der Waals surface area contributed by atoms with Crippen LogP contribution >= 0.6 is 0 Å². The lowest BCUT2D eigenvalue weighted by Gasteiger charge is -2.33. The Morgan fingerprint density at radius 3 is 1.74 bits per heavy atom. The molecule has 8 aromatic carbocycles.